The molecule has 13 N–H and O–H groups in total. The molecule has 1 amide bonds. The molecule has 2 saturated heterocycles. The van der Waals surface area contributed by atoms with Crippen molar-refractivity contribution in [3.05, 3.63) is 104 Å². The Morgan fingerprint density at radius 2 is 1.38 bits per heavy atom. The van der Waals surface area contributed by atoms with Gasteiger partial charge in [0.2, 0.25) is 5.91 Å². The summed E-state index contributed by atoms with van der Waals surface area (Å²) >= 11 is 0. The van der Waals surface area contributed by atoms with Gasteiger partial charge in [-0.05, 0) is 39.5 Å². The number of carbonyl (C=O) groups is 2. The quantitative estimate of drug-likeness (QED) is 0.134. The van der Waals surface area contributed by atoms with Crippen LogP contribution >= 0.6 is 0 Å². The second-order valence-corrected chi connectivity index (χ2v) is 19.7. The molecule has 20 nitrogen and oxygen atoms in total. The van der Waals surface area contributed by atoms with Crippen LogP contribution in [0.1, 0.15) is 85.5 Å². The molecule has 0 aliphatic carbocycles. The van der Waals surface area contributed by atoms with Crippen molar-refractivity contribution in [1.82, 2.24) is 14.9 Å². The molecule has 8 unspecified atom stereocenters. The van der Waals surface area contributed by atoms with E-state index in [9.17, 15) is 60.7 Å². The Kier molecular flexibility index (Phi) is 26.0. The molecule has 73 heavy (non-hydrogen) atoms. The van der Waals surface area contributed by atoms with Gasteiger partial charge in [0.15, 0.2) is 12.1 Å². The molecule has 0 spiro atoms. The van der Waals surface area contributed by atoms with Gasteiger partial charge >= 0.3 is 5.97 Å². The van der Waals surface area contributed by atoms with Crippen molar-refractivity contribution in [2.75, 3.05) is 6.54 Å². The molecule has 1 aromatic heterocycles. The number of aliphatic hydroxyl groups excluding tert-OH is 9. The molecule has 1 aromatic rings. The van der Waals surface area contributed by atoms with Crippen molar-refractivity contribution >= 4 is 11.9 Å². The summed E-state index contributed by atoms with van der Waals surface area (Å²) in [7, 11) is 0. The highest BCUT2D eigenvalue weighted by molar-refractivity contribution is 5.80. The Balaban J connectivity index is 1.59. The second kappa shape index (κ2) is 31.0. The predicted molar refractivity (Wildman–Crippen MR) is 269 cm³/mol. The number of allylic oxidation sites excluding steroid dienone is 12. The Morgan fingerprint density at radius 1 is 0.753 bits per heavy atom. The summed E-state index contributed by atoms with van der Waals surface area (Å²) in [5.74, 6) is -5.61. The lowest BCUT2D eigenvalue weighted by atomic mass is 9.82. The number of aromatic nitrogens is 2. The summed E-state index contributed by atoms with van der Waals surface area (Å²) < 4.78 is 25.7. The van der Waals surface area contributed by atoms with Crippen molar-refractivity contribution in [3.63, 3.8) is 0 Å². The van der Waals surface area contributed by atoms with Crippen molar-refractivity contribution in [1.29, 1.82) is 0 Å². The first-order valence-electron chi connectivity index (χ1n) is 25.4. The molecule has 2 bridgehead atoms. The number of ether oxygens (including phenoxy) is 4. The van der Waals surface area contributed by atoms with Crippen molar-refractivity contribution in [3.8, 4) is 0 Å². The Hall–Kier alpha value is -4.23. The van der Waals surface area contributed by atoms with Crippen molar-refractivity contribution < 1.29 is 79.6 Å². The molecule has 19 atom stereocenters. The molecule has 4 heterocycles. The van der Waals surface area contributed by atoms with Gasteiger partial charge in [0, 0.05) is 63.0 Å². The first kappa shape index (κ1) is 61.3. The number of amides is 1. The number of hydrogen-bond acceptors (Lipinski definition) is 18. The van der Waals surface area contributed by atoms with Gasteiger partial charge in [0.1, 0.15) is 12.2 Å². The van der Waals surface area contributed by atoms with Gasteiger partial charge in [-0.15, -0.1) is 0 Å². The summed E-state index contributed by atoms with van der Waals surface area (Å²) in [5.41, 5.74) is 6.13. The van der Waals surface area contributed by atoms with Crippen LogP contribution < -0.4 is 11.1 Å². The monoisotopic (exact) mass is 1030 g/mol. The standard InChI is InChI=1S/C53H82N4O16/c1-33-18-15-13-11-9-7-5-6-8-10-12-14-16-19-40(72-52-50(67)47(54)49(66)36(4)71-52)29-44-46(51(68)56-22-17-24-57-25-23-55-32-57)43(63)31-53(69,73-44)30-39(60)27-42(62)41(61)21-20-37(58)26-38(59)28-45(64)70-35(3)34(2)48(33)65/h5-16,18-19,23,25,32-44,46-50,52,58-63,65-67,69H,17,20-22,24,26-31,54H2,1-4H3,(H,56,68)/b6-5+,9-7+,10-8+,13-11+,14-12+,18-15+,19-16+/t33-,34-,35-,36+,37?,38?,39-,40?,41?,42?,43-,44-,46?,47-,48?,49+,50-,52-,53?/m0/s1. The zero-order valence-electron chi connectivity index (χ0n) is 42.4. The van der Waals surface area contributed by atoms with Gasteiger partial charge in [-0.3, -0.25) is 9.59 Å². The fourth-order valence-corrected chi connectivity index (χ4v) is 9.00. The average Bonchev–Trinajstić information content (AvgIpc) is 3.85. The van der Waals surface area contributed by atoms with E-state index in [0.29, 0.717) is 13.0 Å². The number of nitrogens with zero attached hydrogens (tertiary/aromatic N) is 2. The summed E-state index contributed by atoms with van der Waals surface area (Å²) in [6, 6.07) is -1.14. The van der Waals surface area contributed by atoms with Gasteiger partial charge in [-0.1, -0.05) is 98.9 Å². The fourth-order valence-electron chi connectivity index (χ4n) is 9.00. The SMILES string of the molecule is C[C@@H]1OC(=O)CC(O)CC(O)CCC(O)C(O)C[C@H](O)CC2(O)C[C@H](O)C(C(=O)NCCCn3ccnc3)[C@H](CC(O[C@@H]3O[C@H](C)[C@@H](O)[C@H](N)[C@@H]3O)/C=C/C=C/C=C/C=C/C=C/C=C/C=C/[C@H](C)C(O)[C@H]1C)O2. The summed E-state index contributed by atoms with van der Waals surface area (Å²) in [6.45, 7) is 7.56. The van der Waals surface area contributed by atoms with E-state index in [-0.39, 0.29) is 38.1 Å². The lowest BCUT2D eigenvalue weighted by molar-refractivity contribution is -0.307. The molecule has 0 radical (unpaired) electrons. The highest BCUT2D eigenvalue weighted by atomic mass is 16.7. The van der Waals surface area contributed by atoms with Crippen LogP contribution in [0.3, 0.4) is 0 Å². The highest BCUT2D eigenvalue weighted by Crippen LogP contribution is 2.38. The molecular weight excluding hydrogens is 949 g/mol. The molecule has 2 fully saturated rings. The van der Waals surface area contributed by atoms with E-state index >= 15 is 0 Å². The summed E-state index contributed by atoms with van der Waals surface area (Å²) in [4.78, 5) is 30.7. The maximum absolute atomic E-state index is 13.9. The Bertz CT molecular complexity index is 2000. The minimum atomic E-state index is -2.28. The van der Waals surface area contributed by atoms with Crippen LogP contribution in [0.4, 0.5) is 0 Å². The third-order valence-electron chi connectivity index (χ3n) is 13.5. The van der Waals surface area contributed by atoms with Crippen LogP contribution in [0.25, 0.3) is 0 Å². The highest BCUT2D eigenvalue weighted by Gasteiger charge is 2.51. The Morgan fingerprint density at radius 3 is 2.01 bits per heavy atom. The third-order valence-corrected chi connectivity index (χ3v) is 13.5. The zero-order valence-corrected chi connectivity index (χ0v) is 42.4. The number of nitrogens with two attached hydrogens (primary N) is 1. The second-order valence-electron chi connectivity index (χ2n) is 19.7. The maximum atomic E-state index is 13.9. The van der Waals surface area contributed by atoms with E-state index in [2.05, 4.69) is 10.3 Å². The summed E-state index contributed by atoms with van der Waals surface area (Å²) in [5, 5.41) is 113. The van der Waals surface area contributed by atoms with Gasteiger partial charge in [0.25, 0.3) is 0 Å². The smallest absolute Gasteiger partial charge is 0.308 e. The lowest BCUT2D eigenvalue weighted by Gasteiger charge is -2.46. The first-order valence-corrected chi connectivity index (χ1v) is 25.4. The molecule has 20 heteroatoms. The molecule has 3 aliphatic rings. The number of carbonyl (C=O) groups excluding carboxylic acids is 2. The van der Waals surface area contributed by atoms with Crippen LogP contribution in [-0.4, -0.2) is 177 Å². The van der Waals surface area contributed by atoms with E-state index in [1.54, 1.807) is 82.0 Å². The number of fused-ring (bicyclic) bond motifs is 2. The van der Waals surface area contributed by atoms with E-state index < -0.39 is 147 Å². The normalized spacial score (nSPS) is 41.8. The molecule has 0 aromatic carbocycles. The van der Waals surface area contributed by atoms with E-state index in [1.165, 1.54) is 0 Å². The zero-order chi connectivity index (χ0) is 53.7. The van der Waals surface area contributed by atoms with Crippen LogP contribution in [0.15, 0.2) is 104 Å². The minimum Gasteiger partial charge on any atom is -0.462 e. The average molecular weight is 1030 g/mol. The number of hydrogen-bond donors (Lipinski definition) is 12. The number of imidazole rings is 1. The van der Waals surface area contributed by atoms with Gasteiger partial charge in [-0.2, -0.15) is 0 Å². The van der Waals surface area contributed by atoms with Crippen molar-refractivity contribution in [2.24, 2.45) is 23.5 Å². The Labute approximate surface area is 428 Å². The molecule has 0 saturated carbocycles. The minimum absolute atomic E-state index is 0.0968. The van der Waals surface area contributed by atoms with E-state index in [0.717, 1.165) is 0 Å². The summed E-state index contributed by atoms with van der Waals surface area (Å²) in [6.07, 6.45) is 10.3. The number of aliphatic hydroxyl groups is 10. The topological polar surface area (TPSA) is 329 Å². The predicted octanol–water partition coefficient (Wildman–Crippen LogP) is 1.03. The van der Waals surface area contributed by atoms with Gasteiger partial charge in [0.05, 0.1) is 91.9 Å². The largest absolute Gasteiger partial charge is 0.462 e. The maximum Gasteiger partial charge on any atom is 0.308 e. The van der Waals surface area contributed by atoms with Crippen LogP contribution in [0.2, 0.25) is 0 Å². The molecule has 4 rings (SSSR count). The van der Waals surface area contributed by atoms with E-state index in [1.807, 2.05) is 54.0 Å². The fraction of sp³-hybridized carbons (Fsp3) is 0.642. The molecular formula is C53H82N4O16. The van der Waals surface area contributed by atoms with Crippen LogP contribution in [0, 0.1) is 17.8 Å². The molecule has 410 valence electrons. The van der Waals surface area contributed by atoms with Crippen LogP contribution in [0.5, 0.6) is 0 Å². The van der Waals surface area contributed by atoms with Gasteiger partial charge in [-0.25, -0.2) is 4.98 Å². The third kappa shape index (κ3) is 20.8. The van der Waals surface area contributed by atoms with E-state index in [4.69, 9.17) is 24.7 Å². The molecule has 3 aliphatic heterocycles. The number of rotatable bonds is 7. The number of nitrogens with one attached hydrogen (secondary N) is 1. The number of esters is 1. The number of cyclic esters (lactones) is 1. The first-order chi connectivity index (χ1) is 34.7. The number of aryl methyl sites for hydroxylation is 1. The van der Waals surface area contributed by atoms with Gasteiger partial charge < -0.3 is 85.6 Å². The van der Waals surface area contributed by atoms with Crippen LogP contribution in [-0.2, 0) is 35.1 Å². The van der Waals surface area contributed by atoms with Crippen molar-refractivity contribution in [2.45, 2.75) is 189 Å². The lowest BCUT2D eigenvalue weighted by Crippen LogP contribution is -2.62.